The van der Waals surface area contributed by atoms with E-state index in [2.05, 4.69) is 17.6 Å². The zero-order valence-corrected chi connectivity index (χ0v) is 16.4. The van der Waals surface area contributed by atoms with E-state index in [-0.39, 0.29) is 24.4 Å². The van der Waals surface area contributed by atoms with E-state index < -0.39 is 11.6 Å². The molecule has 150 valence electrons. The Morgan fingerprint density at radius 2 is 1.86 bits per heavy atom. The average Bonchev–Trinajstić information content (AvgIpc) is 3.53. The minimum atomic E-state index is -0.793. The van der Waals surface area contributed by atoms with Gasteiger partial charge >= 0.3 is 6.03 Å². The molecule has 0 bridgehead atoms. The molecule has 0 aromatic heterocycles. The lowest BCUT2D eigenvalue weighted by Gasteiger charge is -2.34. The maximum absolute atomic E-state index is 13.0. The number of nitrogens with one attached hydrogen (secondary N) is 2. The maximum atomic E-state index is 13.0. The Hall–Kier alpha value is -2.37. The van der Waals surface area contributed by atoms with Crippen LogP contribution in [0.5, 0.6) is 0 Å². The zero-order chi connectivity index (χ0) is 19.7. The van der Waals surface area contributed by atoms with E-state index in [1.165, 1.54) is 0 Å². The third-order valence-corrected chi connectivity index (χ3v) is 6.65. The molecule has 4 rings (SSSR count). The third-order valence-electron chi connectivity index (χ3n) is 6.65. The molecule has 0 radical (unpaired) electrons. The fourth-order valence-corrected chi connectivity index (χ4v) is 4.66. The monoisotopic (exact) mass is 383 g/mol. The number of benzene rings is 1. The topological polar surface area (TPSA) is 78.5 Å². The van der Waals surface area contributed by atoms with Crippen LogP contribution in [0.2, 0.25) is 0 Å². The Labute approximate surface area is 166 Å². The highest BCUT2D eigenvalue weighted by Crippen LogP contribution is 2.41. The van der Waals surface area contributed by atoms with Crippen LogP contribution in [0.15, 0.2) is 30.3 Å². The van der Waals surface area contributed by atoms with Crippen molar-refractivity contribution >= 4 is 17.8 Å². The summed E-state index contributed by atoms with van der Waals surface area (Å²) in [5.74, 6) is 0.552. The predicted octanol–water partition coefficient (Wildman–Crippen LogP) is 3.14. The highest BCUT2D eigenvalue weighted by atomic mass is 16.2. The molecule has 1 heterocycles. The Bertz CT molecular complexity index is 752. The molecule has 28 heavy (non-hydrogen) atoms. The van der Waals surface area contributed by atoms with Crippen LogP contribution in [-0.2, 0) is 9.59 Å². The Morgan fingerprint density at radius 1 is 1.18 bits per heavy atom. The second-order valence-electron chi connectivity index (χ2n) is 8.55. The number of carbonyl (C=O) groups excluding carboxylic acids is 3. The average molecular weight is 383 g/mol. The van der Waals surface area contributed by atoms with Gasteiger partial charge in [0.25, 0.3) is 5.91 Å². The van der Waals surface area contributed by atoms with Crippen LogP contribution >= 0.6 is 0 Å². The van der Waals surface area contributed by atoms with Crippen LogP contribution in [0.25, 0.3) is 0 Å². The molecule has 3 aliphatic rings. The van der Waals surface area contributed by atoms with Gasteiger partial charge in [-0.25, -0.2) is 4.79 Å². The molecule has 1 atom stereocenters. The summed E-state index contributed by atoms with van der Waals surface area (Å²) in [4.78, 5) is 39.2. The lowest BCUT2D eigenvalue weighted by atomic mass is 9.75. The number of urea groups is 1. The lowest BCUT2D eigenvalue weighted by molar-refractivity contribution is -0.136. The van der Waals surface area contributed by atoms with Crippen molar-refractivity contribution in [2.75, 3.05) is 6.54 Å². The van der Waals surface area contributed by atoms with Crippen molar-refractivity contribution in [3.8, 4) is 0 Å². The molecular formula is C22H29N3O3. The van der Waals surface area contributed by atoms with Gasteiger partial charge in [0.15, 0.2) is 0 Å². The van der Waals surface area contributed by atoms with Gasteiger partial charge < -0.3 is 10.6 Å². The Kier molecular flexibility index (Phi) is 5.13. The second kappa shape index (κ2) is 7.57. The molecule has 4 amide bonds. The van der Waals surface area contributed by atoms with E-state index >= 15 is 0 Å². The molecule has 3 fully saturated rings. The Balaban J connectivity index is 1.40. The Morgan fingerprint density at radius 3 is 2.46 bits per heavy atom. The van der Waals surface area contributed by atoms with Crippen molar-refractivity contribution in [3.63, 3.8) is 0 Å². The van der Waals surface area contributed by atoms with Crippen LogP contribution < -0.4 is 10.6 Å². The summed E-state index contributed by atoms with van der Waals surface area (Å²) in [7, 11) is 0. The highest BCUT2D eigenvalue weighted by Gasteiger charge is 2.52. The molecule has 6 heteroatoms. The minimum absolute atomic E-state index is 0.0524. The van der Waals surface area contributed by atoms with Crippen molar-refractivity contribution in [2.24, 2.45) is 11.8 Å². The summed E-state index contributed by atoms with van der Waals surface area (Å²) in [6, 6.07) is 9.42. The van der Waals surface area contributed by atoms with Gasteiger partial charge in [-0.2, -0.15) is 0 Å². The largest absolute Gasteiger partial charge is 0.347 e. The molecule has 1 spiro atoms. The first-order valence-corrected chi connectivity index (χ1v) is 10.5. The van der Waals surface area contributed by atoms with E-state index in [0.717, 1.165) is 42.6 Å². The molecule has 1 aliphatic heterocycles. The van der Waals surface area contributed by atoms with Gasteiger partial charge in [0, 0.05) is 0 Å². The molecule has 1 aromatic rings. The molecular weight excluding hydrogens is 354 g/mol. The maximum Gasteiger partial charge on any atom is 0.325 e. The first-order valence-electron chi connectivity index (χ1n) is 10.5. The summed E-state index contributed by atoms with van der Waals surface area (Å²) in [6.45, 7) is 1.96. The number of nitrogens with zero attached hydrogens (tertiary/aromatic N) is 1. The van der Waals surface area contributed by atoms with E-state index in [4.69, 9.17) is 0 Å². The van der Waals surface area contributed by atoms with Crippen molar-refractivity contribution in [1.29, 1.82) is 0 Å². The van der Waals surface area contributed by atoms with Gasteiger partial charge in [0.1, 0.15) is 12.1 Å². The normalized spacial score (nSPS) is 28.3. The van der Waals surface area contributed by atoms with Crippen LogP contribution in [-0.4, -0.2) is 34.8 Å². The van der Waals surface area contributed by atoms with Crippen molar-refractivity contribution in [2.45, 2.75) is 63.5 Å². The molecule has 1 unspecified atom stereocenters. The van der Waals surface area contributed by atoms with Gasteiger partial charge in [0.2, 0.25) is 5.91 Å². The van der Waals surface area contributed by atoms with Crippen LogP contribution in [0.1, 0.15) is 63.5 Å². The number of hydrogen-bond acceptors (Lipinski definition) is 3. The van der Waals surface area contributed by atoms with Gasteiger partial charge in [-0.15, -0.1) is 0 Å². The molecule has 1 saturated heterocycles. The van der Waals surface area contributed by atoms with Gasteiger partial charge in [-0.3, -0.25) is 14.5 Å². The predicted molar refractivity (Wildman–Crippen MR) is 105 cm³/mol. The van der Waals surface area contributed by atoms with Crippen LogP contribution in [0.3, 0.4) is 0 Å². The van der Waals surface area contributed by atoms with E-state index in [1.54, 1.807) is 0 Å². The quantitative estimate of drug-likeness (QED) is 0.741. The molecule has 2 N–H and O–H groups in total. The fourth-order valence-electron chi connectivity index (χ4n) is 4.66. The standard InChI is InChI=1S/C22H29N3O3/c1-2-15-10-12-22(13-11-15)20(27)25(21(28)24-22)14-18(26)23-19(17-8-9-17)16-6-4-3-5-7-16/h3-7,15,17,19H,2,8-14H2,1H3,(H,23,26)(H,24,28). The summed E-state index contributed by atoms with van der Waals surface area (Å²) in [6.07, 6.45) is 6.51. The molecule has 2 saturated carbocycles. The molecule has 6 nitrogen and oxygen atoms in total. The van der Waals surface area contributed by atoms with Crippen LogP contribution in [0.4, 0.5) is 4.79 Å². The highest BCUT2D eigenvalue weighted by molar-refractivity contribution is 6.09. The number of amides is 4. The lowest BCUT2D eigenvalue weighted by Crippen LogP contribution is -2.50. The van der Waals surface area contributed by atoms with E-state index in [1.807, 2.05) is 30.3 Å². The first-order chi connectivity index (χ1) is 13.5. The first kappa shape index (κ1) is 19.0. The number of rotatable bonds is 6. The smallest absolute Gasteiger partial charge is 0.325 e. The second-order valence-corrected chi connectivity index (χ2v) is 8.55. The summed E-state index contributed by atoms with van der Waals surface area (Å²) in [5.41, 5.74) is 0.281. The molecule has 2 aliphatic carbocycles. The van der Waals surface area contributed by atoms with Crippen molar-refractivity contribution in [1.82, 2.24) is 15.5 Å². The number of carbonyl (C=O) groups is 3. The van der Waals surface area contributed by atoms with Crippen molar-refractivity contribution < 1.29 is 14.4 Å². The third kappa shape index (κ3) is 3.64. The van der Waals surface area contributed by atoms with Crippen molar-refractivity contribution in [3.05, 3.63) is 35.9 Å². The van der Waals surface area contributed by atoms with E-state index in [9.17, 15) is 14.4 Å². The van der Waals surface area contributed by atoms with E-state index in [0.29, 0.717) is 24.7 Å². The SMILES string of the molecule is CCC1CCC2(CC1)NC(=O)N(CC(=O)NC(c1ccccc1)C1CC1)C2=O. The summed E-state index contributed by atoms with van der Waals surface area (Å²) < 4.78 is 0. The summed E-state index contributed by atoms with van der Waals surface area (Å²) >= 11 is 0. The minimum Gasteiger partial charge on any atom is -0.347 e. The van der Waals surface area contributed by atoms with Gasteiger partial charge in [0.05, 0.1) is 6.04 Å². The molecule has 1 aromatic carbocycles. The number of hydrogen-bond donors (Lipinski definition) is 2. The van der Waals surface area contributed by atoms with Gasteiger partial charge in [-0.05, 0) is 55.9 Å². The van der Waals surface area contributed by atoms with Crippen LogP contribution in [0, 0.1) is 11.8 Å². The zero-order valence-electron chi connectivity index (χ0n) is 16.4. The summed E-state index contributed by atoms with van der Waals surface area (Å²) in [5, 5.41) is 5.95. The fraction of sp³-hybridized carbons (Fsp3) is 0.591. The number of imide groups is 1. The van der Waals surface area contributed by atoms with Gasteiger partial charge in [-0.1, -0.05) is 43.7 Å².